The second kappa shape index (κ2) is 14.3. The fourth-order valence-corrected chi connectivity index (χ4v) is 13.4. The zero-order valence-corrected chi connectivity index (χ0v) is 23.7. The maximum Gasteiger partial charge on any atom is 0.0717 e. The van der Waals surface area contributed by atoms with Crippen LogP contribution < -0.4 is 0 Å². The standard InChI is InChI=1S/C18H28O4S8/c1-9(19)5-23-13-14(24-6-10(2)20)28-17(27-13)18-29-15(25-7-11(3)21)16(30-18)26-8-12(4)22/h9-12,19-22H,5-8H2,1-4H3/t9-,10-,11-,12-/m0/s1. The Labute approximate surface area is 213 Å². The van der Waals surface area contributed by atoms with Crippen LogP contribution >= 0.6 is 94.1 Å². The van der Waals surface area contributed by atoms with Crippen LogP contribution in [-0.4, -0.2) is 67.9 Å². The minimum Gasteiger partial charge on any atom is -0.393 e. The van der Waals surface area contributed by atoms with Crippen molar-refractivity contribution in [3.8, 4) is 0 Å². The summed E-state index contributed by atoms with van der Waals surface area (Å²) in [6.07, 6.45) is -1.46. The second-order valence-electron chi connectivity index (χ2n) is 6.77. The summed E-state index contributed by atoms with van der Waals surface area (Å²) in [4.78, 5) is 0. The number of aliphatic hydroxyl groups excluding tert-OH is 4. The maximum atomic E-state index is 9.69. The Kier molecular flexibility index (Phi) is 13.4. The summed E-state index contributed by atoms with van der Waals surface area (Å²) in [5.41, 5.74) is 0. The van der Waals surface area contributed by atoms with Crippen LogP contribution in [0.25, 0.3) is 0 Å². The molecule has 4 atom stereocenters. The molecule has 2 aliphatic heterocycles. The van der Waals surface area contributed by atoms with Gasteiger partial charge in [0, 0.05) is 23.0 Å². The van der Waals surface area contributed by atoms with Crippen LogP contribution in [0.5, 0.6) is 0 Å². The first-order chi connectivity index (χ1) is 14.2. The molecule has 2 aliphatic rings. The quantitative estimate of drug-likeness (QED) is 0.232. The molecule has 4 nitrogen and oxygen atoms in total. The molecule has 0 aliphatic carbocycles. The highest BCUT2D eigenvalue weighted by atomic mass is 32.3. The Hall–Kier alpha value is 1.86. The molecule has 0 spiro atoms. The van der Waals surface area contributed by atoms with Crippen LogP contribution in [-0.2, 0) is 0 Å². The van der Waals surface area contributed by atoms with Gasteiger partial charge in [-0.25, -0.2) is 0 Å². The third kappa shape index (κ3) is 10.0. The molecule has 0 aromatic rings. The molecule has 172 valence electrons. The molecule has 0 saturated carbocycles. The fourth-order valence-electron chi connectivity index (χ4n) is 1.85. The zero-order chi connectivity index (χ0) is 22.3. The Morgan fingerprint density at radius 1 is 0.500 bits per heavy atom. The molecular formula is C18H28O4S8. The molecule has 12 heteroatoms. The van der Waals surface area contributed by atoms with Crippen molar-refractivity contribution in [3.63, 3.8) is 0 Å². The van der Waals surface area contributed by atoms with E-state index in [-0.39, 0.29) is 24.4 Å². The van der Waals surface area contributed by atoms with Crippen LogP contribution in [0.1, 0.15) is 27.7 Å². The minimum absolute atomic E-state index is 0.364. The number of rotatable bonds is 12. The van der Waals surface area contributed by atoms with E-state index in [2.05, 4.69) is 0 Å². The summed E-state index contributed by atoms with van der Waals surface area (Å²) in [5.74, 6) is 2.59. The topological polar surface area (TPSA) is 80.9 Å². The number of aliphatic hydroxyl groups is 4. The van der Waals surface area contributed by atoms with Gasteiger partial charge in [0.25, 0.3) is 0 Å². The highest BCUT2D eigenvalue weighted by molar-refractivity contribution is 8.45. The Bertz CT molecular complexity index is 565. The van der Waals surface area contributed by atoms with Crippen LogP contribution in [0.4, 0.5) is 0 Å². The second-order valence-corrected chi connectivity index (χ2v) is 16.5. The van der Waals surface area contributed by atoms with Gasteiger partial charge in [-0.2, -0.15) is 0 Å². The van der Waals surface area contributed by atoms with Crippen molar-refractivity contribution in [1.82, 2.24) is 0 Å². The molecular weight excluding hydrogens is 537 g/mol. The smallest absolute Gasteiger partial charge is 0.0717 e. The Balaban J connectivity index is 2.12. The first-order valence-electron chi connectivity index (χ1n) is 9.33. The van der Waals surface area contributed by atoms with Gasteiger partial charge >= 0.3 is 0 Å². The average molecular weight is 565 g/mol. The van der Waals surface area contributed by atoms with Crippen molar-refractivity contribution in [2.45, 2.75) is 52.1 Å². The SMILES string of the molecule is C[C@H](O)CSC1=C(SC[C@H](C)O)SC(=C2SC(SC[C@H](C)O)=C(SC[C@H](C)O)S2)S1. The molecule has 0 aromatic heterocycles. The largest absolute Gasteiger partial charge is 0.393 e. The molecule has 0 amide bonds. The number of hydrogen-bond donors (Lipinski definition) is 4. The lowest BCUT2D eigenvalue weighted by molar-refractivity contribution is 0.220. The van der Waals surface area contributed by atoms with Gasteiger partial charge < -0.3 is 20.4 Å². The van der Waals surface area contributed by atoms with Crippen LogP contribution in [0.2, 0.25) is 0 Å². The van der Waals surface area contributed by atoms with Crippen LogP contribution in [0, 0.1) is 0 Å². The Morgan fingerprint density at radius 2 is 0.700 bits per heavy atom. The predicted molar refractivity (Wildman–Crippen MR) is 148 cm³/mol. The van der Waals surface area contributed by atoms with Gasteiger partial charge in [0.1, 0.15) is 0 Å². The summed E-state index contributed by atoms with van der Waals surface area (Å²) in [6, 6.07) is 0. The van der Waals surface area contributed by atoms with E-state index in [0.29, 0.717) is 23.0 Å². The van der Waals surface area contributed by atoms with E-state index in [0.717, 1.165) is 0 Å². The minimum atomic E-state index is -0.364. The average Bonchev–Trinajstić information content (AvgIpc) is 3.24. The number of thioether (sulfide) groups is 8. The molecule has 2 rings (SSSR count). The van der Waals surface area contributed by atoms with Crippen LogP contribution in [0.3, 0.4) is 0 Å². The van der Waals surface area contributed by atoms with Crippen molar-refractivity contribution in [2.24, 2.45) is 0 Å². The Morgan fingerprint density at radius 3 is 0.867 bits per heavy atom. The van der Waals surface area contributed by atoms with E-state index in [4.69, 9.17) is 0 Å². The first kappa shape index (κ1) is 28.1. The number of hydrogen-bond acceptors (Lipinski definition) is 12. The summed E-state index contributed by atoms with van der Waals surface area (Å²) in [6.45, 7) is 7.19. The third-order valence-electron chi connectivity index (χ3n) is 3.06. The van der Waals surface area contributed by atoms with Crippen molar-refractivity contribution in [1.29, 1.82) is 0 Å². The van der Waals surface area contributed by atoms with Gasteiger partial charge in [-0.05, 0) is 27.7 Å². The zero-order valence-electron chi connectivity index (χ0n) is 17.2. The molecule has 2 heterocycles. The highest BCUT2D eigenvalue weighted by Crippen LogP contribution is 2.66. The summed E-state index contributed by atoms with van der Waals surface area (Å²) >= 11 is 13.7. The molecule has 4 N–H and O–H groups in total. The third-order valence-corrected chi connectivity index (χ3v) is 15.6. The molecule has 0 radical (unpaired) electrons. The van der Waals surface area contributed by atoms with Gasteiger partial charge in [0.05, 0.1) is 49.8 Å². The van der Waals surface area contributed by atoms with Gasteiger partial charge in [0.15, 0.2) is 0 Å². The molecule has 30 heavy (non-hydrogen) atoms. The monoisotopic (exact) mass is 564 g/mol. The molecule has 0 fully saturated rings. The van der Waals surface area contributed by atoms with Gasteiger partial charge in [-0.1, -0.05) is 47.0 Å². The van der Waals surface area contributed by atoms with E-state index < -0.39 is 0 Å². The van der Waals surface area contributed by atoms with E-state index in [1.807, 2.05) is 0 Å². The van der Waals surface area contributed by atoms with Crippen LogP contribution in [0.15, 0.2) is 25.4 Å². The maximum absolute atomic E-state index is 9.69. The first-order valence-corrected chi connectivity index (χ1v) is 16.5. The lowest BCUT2D eigenvalue weighted by Crippen LogP contribution is -2.03. The van der Waals surface area contributed by atoms with E-state index in [1.54, 1.807) is 122 Å². The van der Waals surface area contributed by atoms with Crippen molar-refractivity contribution in [2.75, 3.05) is 23.0 Å². The van der Waals surface area contributed by atoms with E-state index in [1.165, 1.54) is 25.4 Å². The van der Waals surface area contributed by atoms with Crippen molar-refractivity contribution < 1.29 is 20.4 Å². The molecule has 0 bridgehead atoms. The van der Waals surface area contributed by atoms with Crippen molar-refractivity contribution >= 4 is 94.1 Å². The van der Waals surface area contributed by atoms with Gasteiger partial charge in [-0.3, -0.25) is 0 Å². The summed E-state index contributed by atoms with van der Waals surface area (Å²) in [7, 11) is 0. The van der Waals surface area contributed by atoms with Gasteiger partial charge in [0.2, 0.25) is 0 Å². The van der Waals surface area contributed by atoms with Crippen molar-refractivity contribution in [3.05, 3.63) is 25.4 Å². The van der Waals surface area contributed by atoms with Gasteiger partial charge in [-0.15, -0.1) is 47.0 Å². The normalized spacial score (nSPS) is 21.6. The predicted octanol–water partition coefficient (Wildman–Crippen LogP) is 5.78. The summed E-state index contributed by atoms with van der Waals surface area (Å²) < 4.78 is 7.23. The highest BCUT2D eigenvalue weighted by Gasteiger charge is 2.31. The molecule has 0 unspecified atom stereocenters. The fraction of sp³-hybridized carbons (Fsp3) is 0.667. The lowest BCUT2D eigenvalue weighted by atomic mass is 10.5. The van der Waals surface area contributed by atoms with E-state index in [9.17, 15) is 20.4 Å². The lowest BCUT2D eigenvalue weighted by Gasteiger charge is -2.07. The molecule has 0 aromatic carbocycles. The van der Waals surface area contributed by atoms with E-state index >= 15 is 0 Å². The molecule has 0 saturated heterocycles. The summed E-state index contributed by atoms with van der Waals surface area (Å²) in [5, 5.41) is 38.8.